The van der Waals surface area contributed by atoms with Crippen LogP contribution < -0.4 is 5.32 Å². The van der Waals surface area contributed by atoms with Crippen molar-refractivity contribution in [1.29, 1.82) is 0 Å². The summed E-state index contributed by atoms with van der Waals surface area (Å²) in [4.78, 5) is 14.0. The van der Waals surface area contributed by atoms with Crippen LogP contribution in [0.2, 0.25) is 5.15 Å². The molecular formula is C11H13ClN2O2. The number of rotatable bonds is 6. The molecule has 0 bridgehead atoms. The second kappa shape index (κ2) is 6.85. The number of aromatic nitrogens is 1. The minimum atomic E-state index is 0.251. The molecule has 5 heteroatoms. The SMILES string of the molecule is CC=C(COC=O)NCc1ccc(Cl)nc1. The molecule has 4 nitrogen and oxygen atoms in total. The minimum Gasteiger partial charge on any atom is -0.462 e. The van der Waals surface area contributed by atoms with Gasteiger partial charge >= 0.3 is 0 Å². The third-order valence-electron chi connectivity index (χ3n) is 1.96. The van der Waals surface area contributed by atoms with E-state index in [1.165, 1.54) is 0 Å². The number of nitrogens with zero attached hydrogens (tertiary/aromatic N) is 1. The molecule has 1 aromatic rings. The van der Waals surface area contributed by atoms with Crippen LogP contribution in [0.25, 0.3) is 0 Å². The molecule has 0 spiro atoms. The van der Waals surface area contributed by atoms with E-state index in [0.29, 0.717) is 18.2 Å². The Labute approximate surface area is 99.3 Å². The first-order valence-electron chi connectivity index (χ1n) is 4.81. The number of carbonyl (C=O) groups is 1. The van der Waals surface area contributed by atoms with Crippen LogP contribution in [0.4, 0.5) is 0 Å². The number of halogens is 1. The smallest absolute Gasteiger partial charge is 0.293 e. The van der Waals surface area contributed by atoms with E-state index in [9.17, 15) is 4.79 Å². The zero-order valence-electron chi connectivity index (χ0n) is 8.94. The van der Waals surface area contributed by atoms with Gasteiger partial charge in [0.25, 0.3) is 6.47 Å². The fourth-order valence-electron chi connectivity index (χ4n) is 1.09. The van der Waals surface area contributed by atoms with E-state index < -0.39 is 0 Å². The zero-order valence-corrected chi connectivity index (χ0v) is 9.70. The Morgan fingerprint density at radius 1 is 1.62 bits per heavy atom. The lowest BCUT2D eigenvalue weighted by atomic mass is 10.3. The monoisotopic (exact) mass is 240 g/mol. The molecule has 0 aliphatic carbocycles. The summed E-state index contributed by atoms with van der Waals surface area (Å²) in [7, 11) is 0. The number of nitrogens with one attached hydrogen (secondary N) is 1. The van der Waals surface area contributed by atoms with Gasteiger partial charge in [-0.05, 0) is 18.6 Å². The molecule has 0 amide bonds. The molecule has 1 aromatic heterocycles. The van der Waals surface area contributed by atoms with Crippen LogP contribution in [-0.4, -0.2) is 18.1 Å². The topological polar surface area (TPSA) is 51.2 Å². The highest BCUT2D eigenvalue weighted by atomic mass is 35.5. The zero-order chi connectivity index (χ0) is 11.8. The Kier molecular flexibility index (Phi) is 5.36. The first-order chi connectivity index (χ1) is 7.76. The average molecular weight is 241 g/mol. The molecular weight excluding hydrogens is 228 g/mol. The maximum atomic E-state index is 10.0. The van der Waals surface area contributed by atoms with Gasteiger partial charge in [-0.25, -0.2) is 4.98 Å². The lowest BCUT2D eigenvalue weighted by Crippen LogP contribution is -2.16. The molecule has 1 rings (SSSR count). The van der Waals surface area contributed by atoms with Crippen molar-refractivity contribution in [3.63, 3.8) is 0 Å². The molecule has 0 radical (unpaired) electrons. The predicted octanol–water partition coefficient (Wildman–Crippen LogP) is 1.90. The van der Waals surface area contributed by atoms with Crippen LogP contribution >= 0.6 is 11.6 Å². The van der Waals surface area contributed by atoms with Gasteiger partial charge in [0.2, 0.25) is 0 Å². The van der Waals surface area contributed by atoms with Crippen LogP contribution in [-0.2, 0) is 16.1 Å². The maximum absolute atomic E-state index is 10.0. The Morgan fingerprint density at radius 2 is 2.44 bits per heavy atom. The van der Waals surface area contributed by atoms with Crippen molar-refractivity contribution in [2.45, 2.75) is 13.5 Å². The standard InChI is InChI=1S/C11H13ClN2O2/c1-2-10(7-16-8-15)13-5-9-3-4-11(12)14-6-9/h2-4,6,8,13H,5,7H2,1H3. The molecule has 1 N–H and O–H groups in total. The highest BCUT2D eigenvalue weighted by Gasteiger charge is 1.97. The van der Waals surface area contributed by atoms with Crippen molar-refractivity contribution < 1.29 is 9.53 Å². The Hall–Kier alpha value is -1.55. The van der Waals surface area contributed by atoms with Gasteiger partial charge in [0.05, 0.1) is 0 Å². The average Bonchev–Trinajstić information content (AvgIpc) is 2.32. The number of hydrogen-bond donors (Lipinski definition) is 1. The Balaban J connectivity index is 2.43. The fourth-order valence-corrected chi connectivity index (χ4v) is 1.20. The van der Waals surface area contributed by atoms with Crippen LogP contribution in [0.3, 0.4) is 0 Å². The van der Waals surface area contributed by atoms with Crippen LogP contribution in [0.1, 0.15) is 12.5 Å². The molecule has 0 saturated heterocycles. The summed E-state index contributed by atoms with van der Waals surface area (Å²) >= 11 is 5.67. The first kappa shape index (κ1) is 12.5. The Morgan fingerprint density at radius 3 is 3.00 bits per heavy atom. The maximum Gasteiger partial charge on any atom is 0.293 e. The van der Waals surface area contributed by atoms with E-state index in [2.05, 4.69) is 15.0 Å². The van der Waals surface area contributed by atoms with Crippen molar-refractivity contribution >= 4 is 18.1 Å². The van der Waals surface area contributed by atoms with E-state index in [-0.39, 0.29) is 6.61 Å². The highest BCUT2D eigenvalue weighted by molar-refractivity contribution is 6.29. The lowest BCUT2D eigenvalue weighted by molar-refractivity contribution is -0.127. The number of allylic oxidation sites excluding steroid dienone is 1. The van der Waals surface area contributed by atoms with Crippen molar-refractivity contribution in [2.75, 3.05) is 6.61 Å². The second-order valence-electron chi connectivity index (χ2n) is 3.06. The summed E-state index contributed by atoms with van der Waals surface area (Å²) in [5, 5.41) is 3.61. The second-order valence-corrected chi connectivity index (χ2v) is 3.45. The van der Waals surface area contributed by atoms with Gasteiger partial charge in [-0.2, -0.15) is 0 Å². The van der Waals surface area contributed by atoms with Crippen LogP contribution in [0, 0.1) is 0 Å². The molecule has 0 unspecified atom stereocenters. The van der Waals surface area contributed by atoms with E-state index in [1.807, 2.05) is 19.1 Å². The Bertz CT molecular complexity index is 363. The molecule has 0 atom stereocenters. The van der Waals surface area contributed by atoms with Gasteiger partial charge in [-0.1, -0.05) is 23.7 Å². The summed E-state index contributed by atoms with van der Waals surface area (Å²) in [6, 6.07) is 3.62. The molecule has 0 saturated carbocycles. The van der Waals surface area contributed by atoms with Crippen molar-refractivity contribution in [3.05, 3.63) is 40.8 Å². The summed E-state index contributed by atoms with van der Waals surface area (Å²) in [5.74, 6) is 0. The highest BCUT2D eigenvalue weighted by Crippen LogP contribution is 2.05. The van der Waals surface area contributed by atoms with E-state index in [0.717, 1.165) is 11.3 Å². The van der Waals surface area contributed by atoms with Gasteiger partial charge in [-0.15, -0.1) is 0 Å². The number of hydrogen-bond acceptors (Lipinski definition) is 4. The van der Waals surface area contributed by atoms with Crippen LogP contribution in [0.5, 0.6) is 0 Å². The molecule has 0 aliphatic heterocycles. The first-order valence-corrected chi connectivity index (χ1v) is 5.18. The largest absolute Gasteiger partial charge is 0.462 e. The fraction of sp³-hybridized carbons (Fsp3) is 0.273. The van der Waals surface area contributed by atoms with Crippen molar-refractivity contribution in [3.8, 4) is 0 Å². The molecule has 16 heavy (non-hydrogen) atoms. The van der Waals surface area contributed by atoms with Crippen LogP contribution in [0.15, 0.2) is 30.1 Å². The summed E-state index contributed by atoms with van der Waals surface area (Å²) < 4.78 is 4.65. The number of carbonyl (C=O) groups excluding carboxylic acids is 1. The summed E-state index contributed by atoms with van der Waals surface area (Å²) in [6.07, 6.45) is 3.55. The van der Waals surface area contributed by atoms with Crippen molar-refractivity contribution in [2.24, 2.45) is 0 Å². The van der Waals surface area contributed by atoms with Crippen molar-refractivity contribution in [1.82, 2.24) is 10.3 Å². The number of pyridine rings is 1. The van der Waals surface area contributed by atoms with Gasteiger partial charge < -0.3 is 10.1 Å². The van der Waals surface area contributed by atoms with Gasteiger partial charge in [0.15, 0.2) is 0 Å². The molecule has 0 aliphatic rings. The third-order valence-corrected chi connectivity index (χ3v) is 2.19. The normalized spacial score (nSPS) is 11.0. The lowest BCUT2D eigenvalue weighted by Gasteiger charge is -2.09. The van der Waals surface area contributed by atoms with E-state index in [1.54, 1.807) is 12.3 Å². The third kappa shape index (κ3) is 4.31. The quantitative estimate of drug-likeness (QED) is 0.610. The molecule has 0 aromatic carbocycles. The molecule has 0 fully saturated rings. The minimum absolute atomic E-state index is 0.251. The molecule has 1 heterocycles. The molecule has 86 valence electrons. The van der Waals surface area contributed by atoms with Gasteiger partial charge in [0, 0.05) is 18.4 Å². The predicted molar refractivity (Wildman–Crippen MR) is 61.9 cm³/mol. The van der Waals surface area contributed by atoms with Gasteiger partial charge in [0.1, 0.15) is 11.8 Å². The van der Waals surface area contributed by atoms with E-state index >= 15 is 0 Å². The van der Waals surface area contributed by atoms with E-state index in [4.69, 9.17) is 11.6 Å². The summed E-state index contributed by atoms with van der Waals surface area (Å²) in [6.45, 7) is 3.17. The summed E-state index contributed by atoms with van der Waals surface area (Å²) in [5.41, 5.74) is 1.86. The number of ether oxygens (including phenoxy) is 1. The van der Waals surface area contributed by atoms with Gasteiger partial charge in [-0.3, -0.25) is 4.79 Å².